The van der Waals surface area contributed by atoms with Crippen LogP contribution in [0.3, 0.4) is 0 Å². The van der Waals surface area contributed by atoms with Crippen LogP contribution in [0, 0.1) is 0 Å². The Morgan fingerprint density at radius 3 is 2.74 bits per heavy atom. The van der Waals surface area contributed by atoms with E-state index < -0.39 is 6.04 Å². The molecule has 0 saturated carbocycles. The molecular weight excluding hydrogens is 240 g/mol. The van der Waals surface area contributed by atoms with Gasteiger partial charge in [-0.2, -0.15) is 0 Å². The quantitative estimate of drug-likeness (QED) is 0.902. The summed E-state index contributed by atoms with van der Waals surface area (Å²) in [6, 6.07) is 8.92. The van der Waals surface area contributed by atoms with Gasteiger partial charge in [-0.15, -0.1) is 0 Å². The number of rotatable bonds is 3. The zero-order valence-corrected chi connectivity index (χ0v) is 11.6. The molecule has 2 N–H and O–H groups in total. The van der Waals surface area contributed by atoms with Crippen molar-refractivity contribution in [2.24, 2.45) is 5.73 Å². The summed E-state index contributed by atoms with van der Waals surface area (Å²) in [4.78, 5) is 14.3. The third kappa shape index (κ3) is 3.14. The van der Waals surface area contributed by atoms with Gasteiger partial charge in [0.25, 0.3) is 0 Å². The number of benzene rings is 1. The van der Waals surface area contributed by atoms with Crippen molar-refractivity contribution in [1.29, 1.82) is 0 Å². The van der Waals surface area contributed by atoms with Gasteiger partial charge in [0, 0.05) is 20.2 Å². The average Bonchev–Trinajstić information content (AvgIpc) is 2.46. The molecule has 0 bridgehead atoms. The molecule has 1 aliphatic heterocycles. The van der Waals surface area contributed by atoms with Crippen LogP contribution in [0.1, 0.15) is 31.4 Å². The van der Waals surface area contributed by atoms with Crippen molar-refractivity contribution in [2.45, 2.75) is 31.4 Å². The number of ether oxygens (including phenoxy) is 1. The van der Waals surface area contributed by atoms with Gasteiger partial charge in [0.15, 0.2) is 0 Å². The SMILES string of the molecule is COC1(C)CCCN(C(=O)[C@H](N)c2ccccc2)C1. The molecule has 2 atom stereocenters. The molecule has 1 aliphatic rings. The van der Waals surface area contributed by atoms with Gasteiger partial charge < -0.3 is 15.4 Å². The first-order chi connectivity index (χ1) is 9.06. The van der Waals surface area contributed by atoms with Crippen molar-refractivity contribution >= 4 is 5.91 Å². The Bertz CT molecular complexity index is 435. The molecule has 1 fully saturated rings. The van der Waals surface area contributed by atoms with Crippen molar-refractivity contribution < 1.29 is 9.53 Å². The second-order valence-electron chi connectivity index (χ2n) is 5.41. The van der Waals surface area contributed by atoms with Crippen molar-refractivity contribution in [2.75, 3.05) is 20.2 Å². The minimum Gasteiger partial charge on any atom is -0.377 e. The molecule has 1 aromatic carbocycles. The van der Waals surface area contributed by atoms with E-state index in [4.69, 9.17) is 10.5 Å². The van der Waals surface area contributed by atoms with E-state index in [1.54, 1.807) is 7.11 Å². The Balaban J connectivity index is 2.07. The Morgan fingerprint density at radius 1 is 1.42 bits per heavy atom. The van der Waals surface area contributed by atoms with Gasteiger partial charge in [0.1, 0.15) is 6.04 Å². The number of amides is 1. The molecular formula is C15H22N2O2. The number of carbonyl (C=O) groups excluding carboxylic acids is 1. The average molecular weight is 262 g/mol. The van der Waals surface area contributed by atoms with Gasteiger partial charge in [-0.05, 0) is 25.3 Å². The Hall–Kier alpha value is -1.39. The van der Waals surface area contributed by atoms with Crippen LogP contribution in [-0.4, -0.2) is 36.6 Å². The molecule has 1 unspecified atom stereocenters. The van der Waals surface area contributed by atoms with Crippen LogP contribution in [0.25, 0.3) is 0 Å². The summed E-state index contributed by atoms with van der Waals surface area (Å²) in [5.41, 5.74) is 6.68. The van der Waals surface area contributed by atoms with E-state index in [1.165, 1.54) is 0 Å². The summed E-state index contributed by atoms with van der Waals surface area (Å²) in [7, 11) is 1.70. The fourth-order valence-electron chi connectivity index (χ4n) is 2.56. The molecule has 4 nitrogen and oxygen atoms in total. The first-order valence-corrected chi connectivity index (χ1v) is 6.70. The van der Waals surface area contributed by atoms with Gasteiger partial charge in [-0.25, -0.2) is 0 Å². The van der Waals surface area contributed by atoms with E-state index >= 15 is 0 Å². The van der Waals surface area contributed by atoms with E-state index in [-0.39, 0.29) is 11.5 Å². The maximum Gasteiger partial charge on any atom is 0.244 e. The second kappa shape index (κ2) is 5.72. The smallest absolute Gasteiger partial charge is 0.244 e. The molecule has 2 rings (SSSR count). The highest BCUT2D eigenvalue weighted by Crippen LogP contribution is 2.25. The summed E-state index contributed by atoms with van der Waals surface area (Å²) in [5, 5.41) is 0. The summed E-state index contributed by atoms with van der Waals surface area (Å²) in [6.07, 6.45) is 1.94. The first-order valence-electron chi connectivity index (χ1n) is 6.70. The van der Waals surface area contributed by atoms with Gasteiger partial charge in [-0.3, -0.25) is 4.79 Å². The van der Waals surface area contributed by atoms with Crippen LogP contribution in [0.4, 0.5) is 0 Å². The number of piperidine rings is 1. The molecule has 4 heteroatoms. The van der Waals surface area contributed by atoms with E-state index in [2.05, 4.69) is 0 Å². The lowest BCUT2D eigenvalue weighted by atomic mass is 9.93. The molecule has 1 saturated heterocycles. The minimum atomic E-state index is -0.583. The molecule has 0 radical (unpaired) electrons. The predicted octanol–water partition coefficient (Wildman–Crippen LogP) is 1.71. The van der Waals surface area contributed by atoms with Crippen LogP contribution in [0.2, 0.25) is 0 Å². The molecule has 0 aromatic heterocycles. The molecule has 0 aliphatic carbocycles. The van der Waals surface area contributed by atoms with Gasteiger partial charge in [0.2, 0.25) is 5.91 Å². The van der Waals surface area contributed by atoms with Crippen molar-refractivity contribution in [1.82, 2.24) is 4.90 Å². The zero-order valence-electron chi connectivity index (χ0n) is 11.6. The number of hydrogen-bond acceptors (Lipinski definition) is 3. The minimum absolute atomic E-state index is 0.0193. The maximum absolute atomic E-state index is 12.4. The fraction of sp³-hybridized carbons (Fsp3) is 0.533. The standard InChI is InChI=1S/C15H22N2O2/c1-15(19-2)9-6-10-17(11-15)14(18)13(16)12-7-4-3-5-8-12/h3-5,7-8,13H,6,9-11,16H2,1-2H3/t13-,15?/m1/s1. The van der Waals surface area contributed by atoms with Crippen molar-refractivity contribution in [3.8, 4) is 0 Å². The van der Waals surface area contributed by atoms with Gasteiger partial charge in [-0.1, -0.05) is 30.3 Å². The molecule has 19 heavy (non-hydrogen) atoms. The van der Waals surface area contributed by atoms with E-state index in [1.807, 2.05) is 42.2 Å². The largest absolute Gasteiger partial charge is 0.377 e. The van der Waals surface area contributed by atoms with Crippen LogP contribution in [0.5, 0.6) is 0 Å². The highest BCUT2D eigenvalue weighted by atomic mass is 16.5. The number of carbonyl (C=O) groups is 1. The Kier molecular flexibility index (Phi) is 4.22. The summed E-state index contributed by atoms with van der Waals surface area (Å²) >= 11 is 0. The second-order valence-corrected chi connectivity index (χ2v) is 5.41. The molecule has 1 aromatic rings. The molecule has 1 amide bonds. The maximum atomic E-state index is 12.4. The van der Waals surface area contributed by atoms with Crippen LogP contribution in [-0.2, 0) is 9.53 Å². The lowest BCUT2D eigenvalue weighted by Crippen LogP contribution is -2.51. The topological polar surface area (TPSA) is 55.6 Å². The van der Waals surface area contributed by atoms with Gasteiger partial charge >= 0.3 is 0 Å². The Morgan fingerprint density at radius 2 is 2.11 bits per heavy atom. The van der Waals surface area contributed by atoms with Crippen LogP contribution < -0.4 is 5.73 Å². The summed E-state index contributed by atoms with van der Waals surface area (Å²) in [6.45, 7) is 3.42. The number of hydrogen-bond donors (Lipinski definition) is 1. The van der Waals surface area contributed by atoms with E-state index in [9.17, 15) is 4.79 Å². The molecule has 0 spiro atoms. The highest BCUT2D eigenvalue weighted by Gasteiger charge is 2.34. The monoisotopic (exact) mass is 262 g/mol. The number of nitrogens with zero attached hydrogens (tertiary/aromatic N) is 1. The van der Waals surface area contributed by atoms with Gasteiger partial charge in [0.05, 0.1) is 5.60 Å². The number of likely N-dealkylation sites (tertiary alicyclic amines) is 1. The predicted molar refractivity (Wildman–Crippen MR) is 74.6 cm³/mol. The molecule has 104 valence electrons. The zero-order chi connectivity index (χ0) is 13.9. The summed E-state index contributed by atoms with van der Waals surface area (Å²) in [5.74, 6) is -0.0193. The highest BCUT2D eigenvalue weighted by molar-refractivity contribution is 5.83. The normalized spacial score (nSPS) is 25.1. The van der Waals surface area contributed by atoms with E-state index in [0.717, 1.165) is 24.9 Å². The van der Waals surface area contributed by atoms with Crippen molar-refractivity contribution in [3.05, 3.63) is 35.9 Å². The third-order valence-electron chi connectivity index (χ3n) is 3.89. The van der Waals surface area contributed by atoms with Crippen LogP contribution in [0.15, 0.2) is 30.3 Å². The first kappa shape index (κ1) is 14.0. The van der Waals surface area contributed by atoms with Crippen LogP contribution >= 0.6 is 0 Å². The number of methoxy groups -OCH3 is 1. The Labute approximate surface area is 114 Å². The lowest BCUT2D eigenvalue weighted by molar-refractivity contribution is -0.140. The fourth-order valence-corrected chi connectivity index (χ4v) is 2.56. The number of nitrogens with two attached hydrogens (primary N) is 1. The lowest BCUT2D eigenvalue weighted by Gasteiger charge is -2.40. The molecule has 1 heterocycles. The van der Waals surface area contributed by atoms with E-state index in [0.29, 0.717) is 6.54 Å². The third-order valence-corrected chi connectivity index (χ3v) is 3.89. The van der Waals surface area contributed by atoms with Crippen molar-refractivity contribution in [3.63, 3.8) is 0 Å². The summed E-state index contributed by atoms with van der Waals surface area (Å²) < 4.78 is 5.51.